The molecule has 0 unspecified atom stereocenters. The molecule has 0 spiro atoms. The highest BCUT2D eigenvalue weighted by atomic mass is 35.5. The molecule has 1 aromatic rings. The smallest absolute Gasteiger partial charge is 0.340 e. The molecule has 0 aliphatic heterocycles. The summed E-state index contributed by atoms with van der Waals surface area (Å²) >= 11 is 7.53. The van der Waals surface area contributed by atoms with Crippen molar-refractivity contribution in [1.82, 2.24) is 4.90 Å². The molecule has 25 heavy (non-hydrogen) atoms. The van der Waals surface area contributed by atoms with Gasteiger partial charge in [-0.2, -0.15) is 5.26 Å². The number of likely N-dealkylation sites (N-methyl/N-ethyl adjacent to an activating group) is 1. The summed E-state index contributed by atoms with van der Waals surface area (Å²) in [4.78, 5) is 27.0. The van der Waals surface area contributed by atoms with Crippen molar-refractivity contribution in [2.24, 2.45) is 0 Å². The van der Waals surface area contributed by atoms with Gasteiger partial charge in [0.1, 0.15) is 5.54 Å². The summed E-state index contributed by atoms with van der Waals surface area (Å²) in [5.74, 6) is -1.02. The lowest BCUT2D eigenvalue weighted by Gasteiger charge is -2.38. The normalized spacial score (nSPS) is 15.9. The van der Waals surface area contributed by atoms with Crippen LogP contribution in [0.25, 0.3) is 0 Å². The van der Waals surface area contributed by atoms with Gasteiger partial charge in [-0.15, -0.1) is 11.8 Å². The summed E-state index contributed by atoms with van der Waals surface area (Å²) < 4.78 is 5.14. The molecule has 0 saturated heterocycles. The van der Waals surface area contributed by atoms with Gasteiger partial charge in [-0.1, -0.05) is 30.9 Å². The summed E-state index contributed by atoms with van der Waals surface area (Å²) in [5.41, 5.74) is -0.561. The minimum absolute atomic E-state index is 0.233. The predicted molar refractivity (Wildman–Crippen MR) is 97.7 cm³/mol. The number of amides is 1. The highest BCUT2D eigenvalue weighted by Gasteiger charge is 2.39. The van der Waals surface area contributed by atoms with E-state index >= 15 is 0 Å². The number of carbonyl (C=O) groups is 2. The van der Waals surface area contributed by atoms with Gasteiger partial charge in [0.15, 0.2) is 6.61 Å². The quantitative estimate of drug-likeness (QED) is 0.572. The summed E-state index contributed by atoms with van der Waals surface area (Å²) in [7, 11) is 1.60. The van der Waals surface area contributed by atoms with Crippen molar-refractivity contribution in [3.8, 4) is 6.07 Å². The van der Waals surface area contributed by atoms with Gasteiger partial charge in [0.05, 0.1) is 16.7 Å². The molecule has 1 saturated carbocycles. The van der Waals surface area contributed by atoms with Crippen molar-refractivity contribution >= 4 is 35.2 Å². The first-order valence-corrected chi connectivity index (χ1v) is 9.72. The largest absolute Gasteiger partial charge is 0.452 e. The van der Waals surface area contributed by atoms with Gasteiger partial charge in [-0.3, -0.25) is 4.79 Å². The fraction of sp³-hybridized carbons (Fsp3) is 0.500. The first-order chi connectivity index (χ1) is 11.9. The monoisotopic (exact) mass is 380 g/mol. The molecular weight excluding hydrogens is 360 g/mol. The lowest BCUT2D eigenvalue weighted by molar-refractivity contribution is -0.138. The third-order valence-corrected chi connectivity index (χ3v) is 5.68. The zero-order valence-electron chi connectivity index (χ0n) is 14.4. The summed E-state index contributed by atoms with van der Waals surface area (Å²) in [6.45, 7) is -0.404. The number of benzene rings is 1. The maximum atomic E-state index is 12.4. The summed E-state index contributed by atoms with van der Waals surface area (Å²) in [6, 6.07) is 7.36. The molecule has 1 aromatic carbocycles. The topological polar surface area (TPSA) is 70.4 Å². The Kier molecular flexibility index (Phi) is 6.74. The Hall–Kier alpha value is -1.71. The van der Waals surface area contributed by atoms with Crippen molar-refractivity contribution in [3.05, 3.63) is 28.8 Å². The minimum Gasteiger partial charge on any atom is -0.452 e. The Morgan fingerprint density at radius 3 is 2.64 bits per heavy atom. The fourth-order valence-corrected chi connectivity index (χ4v) is 3.62. The highest BCUT2D eigenvalue weighted by Crippen LogP contribution is 2.32. The van der Waals surface area contributed by atoms with Crippen molar-refractivity contribution in [3.63, 3.8) is 0 Å². The lowest BCUT2D eigenvalue weighted by Crippen LogP contribution is -2.51. The van der Waals surface area contributed by atoms with E-state index in [1.165, 1.54) is 16.7 Å². The van der Waals surface area contributed by atoms with Crippen molar-refractivity contribution in [1.29, 1.82) is 5.26 Å². The van der Waals surface area contributed by atoms with Gasteiger partial charge in [0.25, 0.3) is 5.91 Å². The summed E-state index contributed by atoms with van der Waals surface area (Å²) in [5, 5.41) is 9.82. The lowest BCUT2D eigenvalue weighted by atomic mass is 9.81. The van der Waals surface area contributed by atoms with E-state index < -0.39 is 18.1 Å². The Morgan fingerprint density at radius 1 is 1.36 bits per heavy atom. The number of nitriles is 1. The molecule has 134 valence electrons. The van der Waals surface area contributed by atoms with Gasteiger partial charge in [0, 0.05) is 11.9 Å². The van der Waals surface area contributed by atoms with Gasteiger partial charge in [0.2, 0.25) is 0 Å². The second kappa shape index (κ2) is 8.59. The molecule has 7 heteroatoms. The van der Waals surface area contributed by atoms with E-state index in [9.17, 15) is 14.9 Å². The average molecular weight is 381 g/mol. The van der Waals surface area contributed by atoms with Crippen LogP contribution in [0.15, 0.2) is 23.1 Å². The van der Waals surface area contributed by atoms with E-state index in [1.54, 1.807) is 19.2 Å². The molecule has 2 rings (SSSR count). The number of esters is 1. The van der Waals surface area contributed by atoms with Crippen LogP contribution in [-0.4, -0.2) is 42.2 Å². The average Bonchev–Trinajstić information content (AvgIpc) is 2.66. The second-order valence-electron chi connectivity index (χ2n) is 6.08. The van der Waals surface area contributed by atoms with E-state index in [2.05, 4.69) is 6.07 Å². The van der Waals surface area contributed by atoms with Crippen LogP contribution in [0.2, 0.25) is 5.02 Å². The van der Waals surface area contributed by atoms with E-state index in [-0.39, 0.29) is 16.5 Å². The van der Waals surface area contributed by atoms with E-state index in [4.69, 9.17) is 16.3 Å². The third kappa shape index (κ3) is 4.47. The zero-order chi connectivity index (χ0) is 18.4. The number of ether oxygens (including phenoxy) is 1. The number of hydrogen-bond donors (Lipinski definition) is 0. The predicted octanol–water partition coefficient (Wildman–Crippen LogP) is 3.90. The Morgan fingerprint density at radius 2 is 2.04 bits per heavy atom. The molecule has 1 aliphatic rings. The molecule has 1 fully saturated rings. The fourth-order valence-electron chi connectivity index (χ4n) is 2.99. The molecule has 0 heterocycles. The number of nitrogens with zero attached hydrogens (tertiary/aromatic N) is 2. The van der Waals surface area contributed by atoms with Crippen LogP contribution in [0.5, 0.6) is 0 Å². The number of halogens is 1. The SMILES string of the molecule is CSc1ccc(Cl)c(C(=O)OCC(=O)N(C)C2(C#N)CCCCC2)c1. The van der Waals surface area contributed by atoms with Crippen LogP contribution in [-0.2, 0) is 9.53 Å². The minimum atomic E-state index is -0.793. The molecule has 5 nitrogen and oxygen atoms in total. The molecule has 0 bridgehead atoms. The van der Waals surface area contributed by atoms with Gasteiger partial charge < -0.3 is 9.64 Å². The number of rotatable bonds is 5. The number of carbonyl (C=O) groups excluding carboxylic acids is 2. The first kappa shape index (κ1) is 19.6. The van der Waals surface area contributed by atoms with Crippen LogP contribution in [0, 0.1) is 11.3 Å². The Bertz CT molecular complexity index is 696. The third-order valence-electron chi connectivity index (χ3n) is 4.63. The molecule has 1 amide bonds. The standard InChI is InChI=1S/C18H21ClN2O3S/c1-21(18(12-20)8-4-3-5-9-18)16(22)11-24-17(23)14-10-13(25-2)6-7-15(14)19/h6-7,10H,3-5,8-9,11H2,1-2H3. The van der Waals surface area contributed by atoms with Crippen molar-refractivity contribution in [2.75, 3.05) is 19.9 Å². The van der Waals surface area contributed by atoms with Crippen LogP contribution in [0.4, 0.5) is 0 Å². The first-order valence-electron chi connectivity index (χ1n) is 8.12. The van der Waals surface area contributed by atoms with Crippen LogP contribution >= 0.6 is 23.4 Å². The summed E-state index contributed by atoms with van der Waals surface area (Å²) in [6.07, 6.45) is 6.11. The van der Waals surface area contributed by atoms with Crippen LogP contribution in [0.1, 0.15) is 42.5 Å². The molecular formula is C18H21ClN2O3S. The zero-order valence-corrected chi connectivity index (χ0v) is 16.0. The second-order valence-corrected chi connectivity index (χ2v) is 7.37. The van der Waals surface area contributed by atoms with E-state index in [1.807, 2.05) is 12.3 Å². The van der Waals surface area contributed by atoms with E-state index in [0.29, 0.717) is 12.8 Å². The molecule has 1 aliphatic carbocycles. The highest BCUT2D eigenvalue weighted by molar-refractivity contribution is 7.98. The molecule has 0 N–H and O–H groups in total. The van der Waals surface area contributed by atoms with Gasteiger partial charge in [-0.25, -0.2) is 4.79 Å². The Balaban J connectivity index is 2.02. The van der Waals surface area contributed by atoms with Gasteiger partial charge >= 0.3 is 5.97 Å². The maximum Gasteiger partial charge on any atom is 0.340 e. The number of hydrogen-bond acceptors (Lipinski definition) is 5. The van der Waals surface area contributed by atoms with Gasteiger partial charge in [-0.05, 0) is 37.3 Å². The maximum absolute atomic E-state index is 12.4. The van der Waals surface area contributed by atoms with Crippen LogP contribution in [0.3, 0.4) is 0 Å². The number of thioether (sulfide) groups is 1. The Labute approximate surface area is 157 Å². The molecule has 0 radical (unpaired) electrons. The van der Waals surface area contributed by atoms with Crippen LogP contribution < -0.4 is 0 Å². The van der Waals surface area contributed by atoms with Crippen molar-refractivity contribution < 1.29 is 14.3 Å². The molecule has 0 aromatic heterocycles. The van der Waals surface area contributed by atoms with E-state index in [0.717, 1.165) is 24.2 Å². The molecule has 0 atom stereocenters. The van der Waals surface area contributed by atoms with Crippen molar-refractivity contribution in [2.45, 2.75) is 42.5 Å².